The molecule has 1 atom stereocenters. The summed E-state index contributed by atoms with van der Waals surface area (Å²) in [5, 5.41) is 12.0. The van der Waals surface area contributed by atoms with E-state index in [2.05, 4.69) is 43.6 Å². The van der Waals surface area contributed by atoms with Gasteiger partial charge in [-0.15, -0.1) is 5.10 Å². The second-order valence-electron chi connectivity index (χ2n) is 4.84. The van der Waals surface area contributed by atoms with Gasteiger partial charge >= 0.3 is 0 Å². The number of halogens is 1. The number of tetrazole rings is 1. The van der Waals surface area contributed by atoms with Crippen molar-refractivity contribution in [3.8, 4) is 17.1 Å². The third kappa shape index (κ3) is 2.21. The number of ether oxygens (including phenoxy) is 1. The monoisotopic (exact) mass is 342 g/mol. The van der Waals surface area contributed by atoms with Crippen molar-refractivity contribution in [1.29, 1.82) is 0 Å². The number of hydrogen-bond acceptors (Lipinski definition) is 4. The molecule has 0 aliphatic carbocycles. The quantitative estimate of drug-likeness (QED) is 0.681. The van der Waals surface area contributed by atoms with E-state index in [1.54, 1.807) is 4.68 Å². The fourth-order valence-electron chi connectivity index (χ4n) is 2.49. The van der Waals surface area contributed by atoms with E-state index in [1.165, 1.54) is 0 Å². The maximum atomic E-state index is 6.21. The van der Waals surface area contributed by atoms with Gasteiger partial charge in [0.25, 0.3) is 0 Å². The Morgan fingerprint density at radius 3 is 2.86 bits per heavy atom. The molecule has 21 heavy (non-hydrogen) atoms. The molecule has 1 aliphatic rings. The van der Waals surface area contributed by atoms with Gasteiger partial charge in [0.2, 0.25) is 0 Å². The summed E-state index contributed by atoms with van der Waals surface area (Å²) in [6.07, 6.45) is -0.121. The summed E-state index contributed by atoms with van der Waals surface area (Å²) in [5.74, 6) is 1.52. The van der Waals surface area contributed by atoms with Crippen molar-refractivity contribution in [3.05, 3.63) is 58.6 Å². The molecule has 0 saturated heterocycles. The lowest BCUT2D eigenvalue weighted by molar-refractivity contribution is 0.184. The Bertz CT molecular complexity index is 787. The van der Waals surface area contributed by atoms with Gasteiger partial charge in [-0.3, -0.25) is 0 Å². The summed E-state index contributed by atoms with van der Waals surface area (Å²) in [4.78, 5) is 0. The molecule has 0 bridgehead atoms. The molecule has 4 rings (SSSR count). The largest absolute Gasteiger partial charge is 0.483 e. The van der Waals surface area contributed by atoms with Gasteiger partial charge in [0.1, 0.15) is 11.9 Å². The number of hydrogen-bond donors (Lipinski definition) is 0. The topological polar surface area (TPSA) is 52.8 Å². The van der Waals surface area contributed by atoms with Gasteiger partial charge in [-0.2, -0.15) is 0 Å². The van der Waals surface area contributed by atoms with Gasteiger partial charge in [-0.25, -0.2) is 4.68 Å². The van der Waals surface area contributed by atoms with Crippen LogP contribution in [0.15, 0.2) is 53.0 Å². The van der Waals surface area contributed by atoms with Crippen molar-refractivity contribution < 1.29 is 4.74 Å². The summed E-state index contributed by atoms with van der Waals surface area (Å²) in [7, 11) is 0. The highest BCUT2D eigenvalue weighted by Gasteiger charge is 2.25. The normalized spacial score (nSPS) is 16.5. The molecule has 0 radical (unpaired) electrons. The number of fused-ring (bicyclic) bond motifs is 3. The molecule has 2 heterocycles. The van der Waals surface area contributed by atoms with Crippen molar-refractivity contribution in [2.75, 3.05) is 0 Å². The second kappa shape index (κ2) is 4.96. The van der Waals surface area contributed by atoms with Crippen LogP contribution in [0, 0.1) is 0 Å². The van der Waals surface area contributed by atoms with E-state index in [9.17, 15) is 0 Å². The fraction of sp³-hybridized carbons (Fsp3) is 0.133. The van der Waals surface area contributed by atoms with Crippen molar-refractivity contribution in [1.82, 2.24) is 20.2 Å². The summed E-state index contributed by atoms with van der Waals surface area (Å²) in [6, 6.07) is 16.0. The Labute approximate surface area is 129 Å². The first kappa shape index (κ1) is 12.5. The molecule has 3 aromatic rings. The predicted octanol–water partition coefficient (Wildman–Crippen LogP) is 3.24. The smallest absolute Gasteiger partial charge is 0.185 e. The maximum absolute atomic E-state index is 6.21. The minimum Gasteiger partial charge on any atom is -0.483 e. The lowest BCUT2D eigenvalue weighted by atomic mass is 10.1. The molecular formula is C15H11BrN4O. The number of aromatic nitrogens is 4. The zero-order chi connectivity index (χ0) is 14.2. The van der Waals surface area contributed by atoms with Crippen molar-refractivity contribution >= 4 is 15.9 Å². The molecule has 1 aliphatic heterocycles. The van der Waals surface area contributed by atoms with Crippen molar-refractivity contribution in [2.24, 2.45) is 0 Å². The highest BCUT2D eigenvalue weighted by molar-refractivity contribution is 9.10. The average Bonchev–Trinajstić information content (AvgIpc) is 2.90. The standard InChI is InChI=1S/C15H11BrN4O/c16-11-6-7-12-13(8-11)21-14(10-4-2-1-3-5-10)9-20-15(12)17-18-19-20/h1-8,14H,9H2. The highest BCUT2D eigenvalue weighted by Crippen LogP contribution is 2.37. The molecule has 0 spiro atoms. The van der Waals surface area contributed by atoms with Gasteiger partial charge in [-0.1, -0.05) is 46.3 Å². The number of rotatable bonds is 1. The minimum atomic E-state index is -0.121. The molecule has 6 heteroatoms. The third-order valence-electron chi connectivity index (χ3n) is 3.50. The SMILES string of the molecule is Brc1ccc2c(c1)OC(c1ccccc1)Cn1nnnc1-2. The fourth-order valence-corrected chi connectivity index (χ4v) is 2.83. The van der Waals surface area contributed by atoms with Crippen LogP contribution >= 0.6 is 15.9 Å². The summed E-state index contributed by atoms with van der Waals surface area (Å²) < 4.78 is 8.96. The van der Waals surface area contributed by atoms with Crippen LogP contribution in [0.3, 0.4) is 0 Å². The first-order chi connectivity index (χ1) is 10.3. The van der Waals surface area contributed by atoms with E-state index in [0.29, 0.717) is 6.54 Å². The molecule has 0 fully saturated rings. The molecule has 0 saturated carbocycles. The molecule has 0 amide bonds. The van der Waals surface area contributed by atoms with Crippen LogP contribution < -0.4 is 4.74 Å². The molecule has 1 aromatic heterocycles. The van der Waals surface area contributed by atoms with Gasteiger partial charge in [-0.05, 0) is 34.2 Å². The Kier molecular flexibility index (Phi) is 2.96. The molecule has 0 N–H and O–H groups in total. The highest BCUT2D eigenvalue weighted by atomic mass is 79.9. The minimum absolute atomic E-state index is 0.121. The Morgan fingerprint density at radius 1 is 1.14 bits per heavy atom. The van der Waals surface area contributed by atoms with E-state index < -0.39 is 0 Å². The van der Waals surface area contributed by atoms with E-state index in [-0.39, 0.29) is 6.10 Å². The number of nitrogens with zero attached hydrogens (tertiary/aromatic N) is 4. The van der Waals surface area contributed by atoms with Gasteiger partial charge in [0.05, 0.1) is 12.1 Å². The first-order valence-corrected chi connectivity index (χ1v) is 7.38. The Balaban J connectivity index is 1.86. The summed E-state index contributed by atoms with van der Waals surface area (Å²) in [5.41, 5.74) is 2.01. The van der Waals surface area contributed by atoms with Gasteiger partial charge in [0.15, 0.2) is 5.82 Å². The molecule has 5 nitrogen and oxygen atoms in total. The van der Waals surface area contributed by atoms with Crippen molar-refractivity contribution in [3.63, 3.8) is 0 Å². The Hall–Kier alpha value is -2.21. The van der Waals surface area contributed by atoms with E-state index in [0.717, 1.165) is 27.2 Å². The van der Waals surface area contributed by atoms with Crippen LogP contribution in [0.5, 0.6) is 5.75 Å². The van der Waals surface area contributed by atoms with Crippen molar-refractivity contribution in [2.45, 2.75) is 12.6 Å². The molecule has 2 aromatic carbocycles. The lowest BCUT2D eigenvalue weighted by Crippen LogP contribution is -2.14. The van der Waals surface area contributed by atoms with Crippen LogP contribution in [0.1, 0.15) is 11.7 Å². The van der Waals surface area contributed by atoms with Gasteiger partial charge in [0, 0.05) is 4.47 Å². The molecular weight excluding hydrogens is 332 g/mol. The van der Waals surface area contributed by atoms with Crippen LogP contribution in [0.4, 0.5) is 0 Å². The summed E-state index contributed by atoms with van der Waals surface area (Å²) >= 11 is 3.48. The van der Waals surface area contributed by atoms with Crippen LogP contribution in [0.2, 0.25) is 0 Å². The predicted molar refractivity (Wildman–Crippen MR) is 80.8 cm³/mol. The molecule has 104 valence electrons. The zero-order valence-electron chi connectivity index (χ0n) is 11.0. The number of benzene rings is 2. The third-order valence-corrected chi connectivity index (χ3v) is 3.99. The molecule has 1 unspecified atom stereocenters. The lowest BCUT2D eigenvalue weighted by Gasteiger charge is -2.17. The summed E-state index contributed by atoms with van der Waals surface area (Å²) in [6.45, 7) is 0.582. The van der Waals surface area contributed by atoms with E-state index in [1.807, 2.05) is 36.4 Å². The maximum Gasteiger partial charge on any atom is 0.185 e. The van der Waals surface area contributed by atoms with E-state index in [4.69, 9.17) is 4.74 Å². The zero-order valence-corrected chi connectivity index (χ0v) is 12.6. The second-order valence-corrected chi connectivity index (χ2v) is 5.76. The van der Waals surface area contributed by atoms with Crippen LogP contribution in [-0.2, 0) is 6.54 Å². The van der Waals surface area contributed by atoms with Crippen LogP contribution in [0.25, 0.3) is 11.4 Å². The van der Waals surface area contributed by atoms with E-state index >= 15 is 0 Å². The van der Waals surface area contributed by atoms with Gasteiger partial charge < -0.3 is 4.74 Å². The Morgan fingerprint density at radius 2 is 2.00 bits per heavy atom. The average molecular weight is 343 g/mol. The first-order valence-electron chi connectivity index (χ1n) is 6.59. The van der Waals surface area contributed by atoms with Crippen LogP contribution in [-0.4, -0.2) is 20.2 Å².